The number of carbonyl (C=O) groups is 1. The molecule has 6 rings (SSSR count). The van der Waals surface area contributed by atoms with Gasteiger partial charge >= 0.3 is 0 Å². The zero-order valence-corrected chi connectivity index (χ0v) is 23.7. The number of fused-ring (bicyclic) bond motifs is 1. The SMILES string of the molecule is O=C(NC1CCCCC1)c1c(-c2ccccc2)c2cc(Br)ccc2c(=O)n1C(Cc1ccccc1)C1=COCO1. The van der Waals surface area contributed by atoms with Crippen LogP contribution in [0.5, 0.6) is 0 Å². The summed E-state index contributed by atoms with van der Waals surface area (Å²) in [6, 6.07) is 24.9. The van der Waals surface area contributed by atoms with Gasteiger partial charge in [0.1, 0.15) is 18.0 Å². The van der Waals surface area contributed by atoms with Crippen LogP contribution >= 0.6 is 15.9 Å². The third-order valence-electron chi connectivity index (χ3n) is 7.80. The lowest BCUT2D eigenvalue weighted by Crippen LogP contribution is -2.41. The zero-order valence-electron chi connectivity index (χ0n) is 22.1. The van der Waals surface area contributed by atoms with Gasteiger partial charge in [0.2, 0.25) is 6.79 Å². The number of rotatable bonds is 7. The van der Waals surface area contributed by atoms with Gasteiger partial charge < -0.3 is 14.8 Å². The van der Waals surface area contributed by atoms with Gasteiger partial charge in [-0.1, -0.05) is 95.9 Å². The first-order chi connectivity index (χ1) is 19.6. The summed E-state index contributed by atoms with van der Waals surface area (Å²) in [5.74, 6) is 0.274. The lowest BCUT2D eigenvalue weighted by Gasteiger charge is -2.28. The summed E-state index contributed by atoms with van der Waals surface area (Å²) in [7, 11) is 0. The second-order valence-electron chi connectivity index (χ2n) is 10.4. The quantitative estimate of drug-likeness (QED) is 0.246. The fraction of sp³-hybridized carbons (Fsp3) is 0.273. The van der Waals surface area contributed by atoms with Gasteiger partial charge in [-0.2, -0.15) is 0 Å². The number of hydrogen-bond acceptors (Lipinski definition) is 4. The highest BCUT2D eigenvalue weighted by Gasteiger charge is 2.32. The van der Waals surface area contributed by atoms with E-state index in [9.17, 15) is 9.59 Å². The van der Waals surface area contributed by atoms with Crippen molar-refractivity contribution in [1.29, 1.82) is 0 Å². The molecule has 1 saturated carbocycles. The molecule has 1 aliphatic carbocycles. The minimum absolute atomic E-state index is 0.0736. The van der Waals surface area contributed by atoms with Gasteiger partial charge in [-0.3, -0.25) is 14.2 Å². The van der Waals surface area contributed by atoms with E-state index >= 15 is 0 Å². The molecule has 1 aliphatic heterocycles. The molecule has 2 heterocycles. The van der Waals surface area contributed by atoms with Crippen molar-refractivity contribution in [2.75, 3.05) is 6.79 Å². The van der Waals surface area contributed by atoms with Crippen molar-refractivity contribution in [2.24, 2.45) is 0 Å². The van der Waals surface area contributed by atoms with Crippen LogP contribution in [0.25, 0.3) is 21.9 Å². The van der Waals surface area contributed by atoms with E-state index in [0.717, 1.165) is 52.2 Å². The molecule has 1 amide bonds. The number of halogens is 1. The van der Waals surface area contributed by atoms with E-state index in [0.29, 0.717) is 23.3 Å². The van der Waals surface area contributed by atoms with Gasteiger partial charge in [-0.15, -0.1) is 0 Å². The van der Waals surface area contributed by atoms with Crippen molar-refractivity contribution in [3.8, 4) is 11.1 Å². The third-order valence-corrected chi connectivity index (χ3v) is 8.29. The number of benzene rings is 3. The van der Waals surface area contributed by atoms with Crippen LogP contribution in [-0.2, 0) is 15.9 Å². The van der Waals surface area contributed by atoms with Crippen LogP contribution in [0, 0.1) is 0 Å². The van der Waals surface area contributed by atoms with E-state index in [1.807, 2.05) is 78.9 Å². The summed E-state index contributed by atoms with van der Waals surface area (Å²) in [6.07, 6.45) is 7.25. The van der Waals surface area contributed by atoms with E-state index in [2.05, 4.69) is 21.2 Å². The smallest absolute Gasteiger partial charge is 0.268 e. The van der Waals surface area contributed by atoms with Crippen molar-refractivity contribution in [1.82, 2.24) is 9.88 Å². The minimum Gasteiger partial charge on any atom is -0.462 e. The van der Waals surface area contributed by atoms with Crippen LogP contribution in [0.1, 0.15) is 54.2 Å². The van der Waals surface area contributed by atoms with Crippen LogP contribution < -0.4 is 10.9 Å². The molecule has 0 radical (unpaired) electrons. The first-order valence-corrected chi connectivity index (χ1v) is 14.6. The number of carbonyl (C=O) groups excluding carboxylic acids is 1. The third kappa shape index (κ3) is 5.30. The maximum absolute atomic E-state index is 14.5. The predicted molar refractivity (Wildman–Crippen MR) is 160 cm³/mol. The van der Waals surface area contributed by atoms with Crippen molar-refractivity contribution < 1.29 is 14.3 Å². The Balaban J connectivity index is 1.65. The van der Waals surface area contributed by atoms with Gasteiger partial charge in [0.25, 0.3) is 11.5 Å². The number of nitrogens with one attached hydrogen (secondary N) is 1. The average molecular weight is 600 g/mol. The largest absolute Gasteiger partial charge is 0.462 e. The summed E-state index contributed by atoms with van der Waals surface area (Å²) >= 11 is 3.60. The van der Waals surface area contributed by atoms with E-state index in [1.165, 1.54) is 6.42 Å². The normalized spacial score (nSPS) is 16.2. The summed E-state index contributed by atoms with van der Waals surface area (Å²) in [6.45, 7) is 0.0745. The summed E-state index contributed by atoms with van der Waals surface area (Å²) in [4.78, 5) is 28.9. The molecule has 40 heavy (non-hydrogen) atoms. The second kappa shape index (κ2) is 11.7. The Morgan fingerprint density at radius 1 is 0.950 bits per heavy atom. The standard InChI is InChI=1S/C33H31BrN2O4/c34-24-16-17-26-27(19-24)30(23-12-6-2-7-13-23)31(32(37)35-25-14-8-3-9-15-25)36(33(26)38)28(29-20-39-21-40-29)18-22-10-4-1-5-11-22/h1-2,4-7,10-13,16-17,19-20,25,28H,3,8-9,14-15,18,21H2,(H,35,37). The van der Waals surface area contributed by atoms with Crippen LogP contribution in [-0.4, -0.2) is 23.3 Å². The number of ether oxygens (including phenoxy) is 2. The van der Waals surface area contributed by atoms with Crippen LogP contribution in [0.4, 0.5) is 0 Å². The number of allylic oxidation sites excluding steroid dienone is 1. The Hall–Kier alpha value is -3.84. The maximum Gasteiger partial charge on any atom is 0.268 e. The molecule has 0 bridgehead atoms. The highest BCUT2D eigenvalue weighted by molar-refractivity contribution is 9.10. The Kier molecular flexibility index (Phi) is 7.73. The summed E-state index contributed by atoms with van der Waals surface area (Å²) in [5, 5.41) is 4.56. The molecular weight excluding hydrogens is 568 g/mol. The van der Waals surface area contributed by atoms with Crippen LogP contribution in [0.3, 0.4) is 0 Å². The molecule has 4 aromatic rings. The molecule has 0 spiro atoms. The number of nitrogens with zero attached hydrogens (tertiary/aromatic N) is 1. The van der Waals surface area contributed by atoms with Gasteiger partial charge in [0.05, 0.1) is 0 Å². The molecule has 1 atom stereocenters. The molecule has 1 fully saturated rings. The summed E-state index contributed by atoms with van der Waals surface area (Å²) < 4.78 is 13.8. The van der Waals surface area contributed by atoms with E-state index in [1.54, 1.807) is 10.8 Å². The van der Waals surface area contributed by atoms with Crippen molar-refractivity contribution in [3.63, 3.8) is 0 Å². The van der Waals surface area contributed by atoms with Gasteiger partial charge in [0, 0.05) is 27.9 Å². The molecule has 3 aromatic carbocycles. The monoisotopic (exact) mass is 598 g/mol. The fourth-order valence-electron chi connectivity index (χ4n) is 5.89. The first-order valence-electron chi connectivity index (χ1n) is 13.8. The molecule has 1 unspecified atom stereocenters. The highest BCUT2D eigenvalue weighted by Crippen LogP contribution is 2.36. The predicted octanol–water partition coefficient (Wildman–Crippen LogP) is 7.12. The maximum atomic E-state index is 14.5. The molecule has 1 aromatic heterocycles. The fourth-order valence-corrected chi connectivity index (χ4v) is 6.25. The lowest BCUT2D eigenvalue weighted by atomic mass is 9.93. The molecule has 2 aliphatic rings. The second-order valence-corrected chi connectivity index (χ2v) is 11.3. The number of amides is 1. The minimum atomic E-state index is -0.583. The Labute approximate surface area is 241 Å². The molecule has 0 saturated heterocycles. The molecule has 204 valence electrons. The number of pyridine rings is 1. The molecule has 1 N–H and O–H groups in total. The van der Waals surface area contributed by atoms with Crippen molar-refractivity contribution in [2.45, 2.75) is 50.6 Å². The average Bonchev–Trinajstić information content (AvgIpc) is 3.52. The highest BCUT2D eigenvalue weighted by atomic mass is 79.9. The van der Waals surface area contributed by atoms with E-state index in [-0.39, 0.29) is 24.3 Å². The zero-order chi connectivity index (χ0) is 27.5. The van der Waals surface area contributed by atoms with E-state index < -0.39 is 6.04 Å². The van der Waals surface area contributed by atoms with Crippen molar-refractivity contribution in [3.05, 3.63) is 117 Å². The van der Waals surface area contributed by atoms with Gasteiger partial charge in [0.15, 0.2) is 5.76 Å². The van der Waals surface area contributed by atoms with E-state index in [4.69, 9.17) is 9.47 Å². The Morgan fingerprint density at radius 2 is 1.68 bits per heavy atom. The van der Waals surface area contributed by atoms with Crippen LogP contribution in [0.2, 0.25) is 0 Å². The van der Waals surface area contributed by atoms with Crippen molar-refractivity contribution >= 4 is 32.6 Å². The number of aromatic nitrogens is 1. The van der Waals surface area contributed by atoms with Gasteiger partial charge in [-0.25, -0.2) is 0 Å². The number of hydrogen-bond donors (Lipinski definition) is 1. The molecule has 7 heteroatoms. The molecule has 6 nitrogen and oxygen atoms in total. The van der Waals surface area contributed by atoms with Crippen LogP contribution in [0.15, 0.2) is 100 Å². The lowest BCUT2D eigenvalue weighted by molar-refractivity contribution is 0.0704. The Morgan fingerprint density at radius 3 is 2.38 bits per heavy atom. The topological polar surface area (TPSA) is 69.6 Å². The Bertz CT molecular complexity index is 1610. The van der Waals surface area contributed by atoms with Gasteiger partial charge in [-0.05, 0) is 47.6 Å². The summed E-state index contributed by atoms with van der Waals surface area (Å²) in [5.41, 5.74) is 2.70. The molecular formula is C33H31BrN2O4. The first kappa shape index (κ1) is 26.4.